The largest absolute Gasteiger partial charge is 0.495 e. The van der Waals surface area contributed by atoms with Crippen LogP contribution in [0.25, 0.3) is 5.70 Å². The van der Waals surface area contributed by atoms with Gasteiger partial charge in [0.05, 0.1) is 30.4 Å². The van der Waals surface area contributed by atoms with Gasteiger partial charge in [-0.1, -0.05) is 12.8 Å². The third-order valence-corrected chi connectivity index (χ3v) is 4.48. The number of pyridine rings is 1. The predicted molar refractivity (Wildman–Crippen MR) is 95.2 cm³/mol. The highest BCUT2D eigenvalue weighted by Gasteiger charge is 2.25. The molecule has 0 saturated heterocycles. The van der Waals surface area contributed by atoms with Gasteiger partial charge in [0.1, 0.15) is 12.4 Å². The van der Waals surface area contributed by atoms with Crippen molar-refractivity contribution in [3.05, 3.63) is 29.7 Å². The molecule has 0 radical (unpaired) electrons. The molecule has 1 saturated carbocycles. The van der Waals surface area contributed by atoms with Crippen molar-refractivity contribution in [2.24, 2.45) is 11.6 Å². The van der Waals surface area contributed by atoms with Crippen LogP contribution >= 0.6 is 0 Å². The van der Waals surface area contributed by atoms with Gasteiger partial charge < -0.3 is 25.1 Å². The van der Waals surface area contributed by atoms with Crippen molar-refractivity contribution >= 4 is 11.8 Å². The molecule has 0 spiro atoms. The van der Waals surface area contributed by atoms with Crippen molar-refractivity contribution in [2.45, 2.75) is 31.7 Å². The van der Waals surface area contributed by atoms with Crippen molar-refractivity contribution < 1.29 is 14.3 Å². The molecule has 0 aliphatic heterocycles. The number of hydrogen-bond acceptors (Lipinski definition) is 7. The summed E-state index contributed by atoms with van der Waals surface area (Å²) in [5, 5.41) is 1.34. The molecule has 2 rings (SSSR count). The maximum atomic E-state index is 12.2. The van der Waals surface area contributed by atoms with Crippen LogP contribution in [-0.2, 0) is 4.74 Å². The van der Waals surface area contributed by atoms with Crippen LogP contribution in [0.15, 0.2) is 24.0 Å². The van der Waals surface area contributed by atoms with E-state index in [1.165, 1.54) is 5.01 Å². The molecule has 1 amide bonds. The monoisotopic (exact) mass is 349 g/mol. The molecule has 0 unspecified atom stereocenters. The Morgan fingerprint density at radius 1 is 1.32 bits per heavy atom. The number of hydrogen-bond donors (Lipinski definition) is 2. The van der Waals surface area contributed by atoms with Gasteiger partial charge in [-0.3, -0.25) is 4.98 Å². The van der Waals surface area contributed by atoms with Crippen LogP contribution < -0.4 is 16.3 Å². The smallest absolute Gasteiger partial charge is 0.410 e. The van der Waals surface area contributed by atoms with Crippen molar-refractivity contribution in [1.29, 1.82) is 0 Å². The van der Waals surface area contributed by atoms with Crippen molar-refractivity contribution in [2.75, 3.05) is 27.8 Å². The van der Waals surface area contributed by atoms with E-state index in [0.29, 0.717) is 22.8 Å². The number of carbonyl (C=O) groups excluding carboxylic acids is 1. The Hall–Kier alpha value is -2.48. The first-order valence-corrected chi connectivity index (χ1v) is 8.31. The lowest BCUT2D eigenvalue weighted by atomic mass is 10.2. The summed E-state index contributed by atoms with van der Waals surface area (Å²) in [7, 11) is 4.97. The minimum Gasteiger partial charge on any atom is -0.495 e. The number of hydrazine groups is 1. The normalized spacial score (nSPS) is 15.5. The Labute approximate surface area is 148 Å². The average molecular weight is 349 g/mol. The zero-order chi connectivity index (χ0) is 18.4. The third-order valence-electron chi connectivity index (χ3n) is 4.48. The van der Waals surface area contributed by atoms with E-state index >= 15 is 0 Å². The molecule has 8 nitrogen and oxygen atoms in total. The number of nitrogens with zero attached hydrogens (tertiary/aromatic N) is 3. The molecule has 138 valence electrons. The Morgan fingerprint density at radius 2 is 2.00 bits per heavy atom. The summed E-state index contributed by atoms with van der Waals surface area (Å²) in [5.74, 6) is 6.48. The maximum absolute atomic E-state index is 12.2. The summed E-state index contributed by atoms with van der Waals surface area (Å²) in [6.07, 6.45) is 5.52. The van der Waals surface area contributed by atoms with Gasteiger partial charge in [0.2, 0.25) is 0 Å². The second-order valence-corrected chi connectivity index (χ2v) is 6.16. The van der Waals surface area contributed by atoms with Crippen molar-refractivity contribution in [3.63, 3.8) is 0 Å². The molecular formula is C17H27N5O3. The number of rotatable bonds is 6. The molecule has 1 aromatic heterocycles. The number of carbonyl (C=O) groups is 1. The van der Waals surface area contributed by atoms with Crippen LogP contribution in [0, 0.1) is 0 Å². The number of amides is 1. The molecule has 1 heterocycles. The Bertz CT molecular complexity index is 609. The quantitative estimate of drug-likeness (QED) is 0.592. The Morgan fingerprint density at radius 3 is 2.52 bits per heavy atom. The van der Waals surface area contributed by atoms with Crippen LogP contribution in [0.3, 0.4) is 0 Å². The first-order valence-electron chi connectivity index (χ1n) is 8.31. The Balaban J connectivity index is 2.07. The molecule has 0 bridgehead atoms. The maximum Gasteiger partial charge on any atom is 0.410 e. The highest BCUT2D eigenvalue weighted by molar-refractivity contribution is 5.69. The molecular weight excluding hydrogens is 322 g/mol. The van der Waals surface area contributed by atoms with Crippen LogP contribution in [0.4, 0.5) is 4.79 Å². The van der Waals surface area contributed by atoms with Crippen LogP contribution in [0.2, 0.25) is 0 Å². The van der Waals surface area contributed by atoms with Gasteiger partial charge in [-0.25, -0.2) is 10.6 Å². The predicted octanol–water partition coefficient (Wildman–Crippen LogP) is 1.53. The fourth-order valence-corrected chi connectivity index (χ4v) is 2.85. The van der Waals surface area contributed by atoms with Gasteiger partial charge in [-0.2, -0.15) is 0 Å². The molecule has 1 aliphatic carbocycles. The molecule has 1 fully saturated rings. The lowest BCUT2D eigenvalue weighted by Crippen LogP contribution is -2.37. The number of likely N-dealkylation sites (N-methyl/N-ethyl adjacent to an activating group) is 1. The number of methoxy groups -OCH3 is 1. The van der Waals surface area contributed by atoms with Crippen LogP contribution in [0.1, 0.15) is 31.4 Å². The van der Waals surface area contributed by atoms with Gasteiger partial charge >= 0.3 is 6.09 Å². The van der Waals surface area contributed by atoms with Gasteiger partial charge in [-0.15, -0.1) is 0 Å². The van der Waals surface area contributed by atoms with Gasteiger partial charge in [0, 0.05) is 20.1 Å². The lowest BCUT2D eigenvalue weighted by molar-refractivity contribution is 0.0999. The summed E-state index contributed by atoms with van der Waals surface area (Å²) in [6.45, 7) is -0.0254. The highest BCUT2D eigenvalue weighted by Crippen LogP contribution is 2.23. The van der Waals surface area contributed by atoms with Gasteiger partial charge in [-0.05, 0) is 25.0 Å². The average Bonchev–Trinajstić information content (AvgIpc) is 3.15. The molecule has 1 aromatic rings. The standard InChI is InChI=1S/C17H27N5O3/c1-21(12-6-4-5-7-12)17(23)25-11-15(22(2)19)16(18)14-9-8-13(24-3)10-20-14/h8-10,12H,4-7,11,18-19H2,1-3H3/b16-15-. The second-order valence-electron chi connectivity index (χ2n) is 6.16. The van der Waals surface area contributed by atoms with Crippen molar-refractivity contribution in [3.8, 4) is 5.75 Å². The topological polar surface area (TPSA) is 107 Å². The lowest BCUT2D eigenvalue weighted by Gasteiger charge is -2.25. The Kier molecular flexibility index (Phi) is 6.46. The van der Waals surface area contributed by atoms with E-state index in [-0.39, 0.29) is 18.7 Å². The highest BCUT2D eigenvalue weighted by atomic mass is 16.6. The molecule has 4 N–H and O–H groups in total. The first kappa shape index (κ1) is 18.9. The number of nitrogens with two attached hydrogens (primary N) is 2. The summed E-state index contributed by atoms with van der Waals surface area (Å²) in [5.41, 5.74) is 7.53. The fraction of sp³-hybridized carbons (Fsp3) is 0.529. The van der Waals surface area contributed by atoms with Crippen LogP contribution in [0.5, 0.6) is 5.75 Å². The SMILES string of the molecule is COc1ccc(/C(N)=C(\COC(=O)N(C)C2CCCC2)N(C)N)nc1. The molecule has 8 heteroatoms. The summed E-state index contributed by atoms with van der Waals surface area (Å²) in [4.78, 5) is 18.1. The van der Waals surface area contributed by atoms with Crippen molar-refractivity contribution in [1.82, 2.24) is 14.9 Å². The first-order chi connectivity index (χ1) is 11.9. The van der Waals surface area contributed by atoms with E-state index in [9.17, 15) is 4.79 Å². The molecule has 1 aliphatic rings. The van der Waals surface area contributed by atoms with E-state index in [2.05, 4.69) is 4.98 Å². The van der Waals surface area contributed by atoms with E-state index < -0.39 is 0 Å². The summed E-state index contributed by atoms with van der Waals surface area (Å²) in [6, 6.07) is 3.73. The minimum atomic E-state index is -0.373. The molecule has 25 heavy (non-hydrogen) atoms. The van der Waals surface area contributed by atoms with Gasteiger partial charge in [0.15, 0.2) is 0 Å². The van der Waals surface area contributed by atoms with E-state index in [4.69, 9.17) is 21.1 Å². The van der Waals surface area contributed by atoms with E-state index in [0.717, 1.165) is 25.7 Å². The zero-order valence-electron chi connectivity index (χ0n) is 15.1. The second kappa shape index (κ2) is 8.57. The fourth-order valence-electron chi connectivity index (χ4n) is 2.85. The number of aromatic nitrogens is 1. The van der Waals surface area contributed by atoms with Crippen LogP contribution in [-0.4, -0.2) is 54.8 Å². The zero-order valence-corrected chi connectivity index (χ0v) is 15.1. The van der Waals surface area contributed by atoms with E-state index in [1.54, 1.807) is 44.4 Å². The molecule has 0 aromatic carbocycles. The summed E-state index contributed by atoms with van der Waals surface area (Å²) >= 11 is 0. The third kappa shape index (κ3) is 4.76. The van der Waals surface area contributed by atoms with Gasteiger partial charge in [0.25, 0.3) is 0 Å². The molecule has 0 atom stereocenters. The van der Waals surface area contributed by atoms with E-state index in [1.807, 2.05) is 0 Å². The number of ether oxygens (including phenoxy) is 2. The summed E-state index contributed by atoms with van der Waals surface area (Å²) < 4.78 is 10.5. The minimum absolute atomic E-state index is 0.0254.